The number of thiazole rings is 1. The Kier molecular flexibility index (Phi) is 23.2. The van der Waals surface area contributed by atoms with E-state index in [-0.39, 0.29) is 108 Å². The minimum absolute atomic E-state index is 0.0158. The second kappa shape index (κ2) is 33.4. The van der Waals surface area contributed by atoms with Gasteiger partial charge in [0.15, 0.2) is 12.2 Å². The number of nitrogens with one attached hydrogen (secondary N) is 3. The maximum absolute atomic E-state index is 14.7. The second-order valence-electron chi connectivity index (χ2n) is 28.0. The zero-order valence-electron chi connectivity index (χ0n) is 59.9. The van der Waals surface area contributed by atoms with E-state index in [1.165, 1.54) is 12.1 Å². The molecular weight excluding hydrogens is 1440 g/mol. The van der Waals surface area contributed by atoms with Gasteiger partial charge in [0, 0.05) is 111 Å². The lowest BCUT2D eigenvalue weighted by atomic mass is 10.0. The van der Waals surface area contributed by atoms with Crippen LogP contribution in [0, 0.1) is 51.7 Å². The lowest BCUT2D eigenvalue weighted by Crippen LogP contribution is -2.55. The third-order valence-corrected chi connectivity index (χ3v) is 20.9. The molecule has 24 nitrogen and oxygen atoms in total. The van der Waals surface area contributed by atoms with Crippen molar-refractivity contribution in [2.24, 2.45) is 31.8 Å². The van der Waals surface area contributed by atoms with Crippen LogP contribution in [0.15, 0.2) is 163 Å². The van der Waals surface area contributed by atoms with Gasteiger partial charge in [0.05, 0.1) is 66.6 Å². The Morgan fingerprint density at radius 2 is 0.918 bits per heavy atom. The van der Waals surface area contributed by atoms with Gasteiger partial charge in [-0.3, -0.25) is 33.3 Å². The molecule has 566 valence electrons. The molecule has 5 amide bonds. The summed E-state index contributed by atoms with van der Waals surface area (Å²) in [5.74, 6) is -7.42. The first-order chi connectivity index (χ1) is 53.1. The van der Waals surface area contributed by atoms with Gasteiger partial charge < -0.3 is 54.9 Å². The van der Waals surface area contributed by atoms with E-state index in [1.807, 2.05) is 104 Å². The summed E-state index contributed by atoms with van der Waals surface area (Å²) < 4.78 is 84.8. The Morgan fingerprint density at radius 1 is 0.536 bits per heavy atom. The third-order valence-electron chi connectivity index (χ3n) is 20.3. The van der Waals surface area contributed by atoms with Gasteiger partial charge in [0.2, 0.25) is 29.5 Å². The van der Waals surface area contributed by atoms with E-state index in [0.29, 0.717) is 47.0 Å². The van der Waals surface area contributed by atoms with Crippen molar-refractivity contribution in [3.63, 3.8) is 0 Å². The van der Waals surface area contributed by atoms with Crippen LogP contribution in [-0.4, -0.2) is 157 Å². The fraction of sp³-hybridized carbons (Fsp3) is 0.346. The number of aliphatic hydroxyl groups is 2. The number of piperidine rings is 2. The molecule has 6 fully saturated rings. The average molecular weight is 1520 g/mol. The number of halogens is 4. The topological polar surface area (TPSA) is 325 Å². The zero-order chi connectivity index (χ0) is 77.4. The number of aromatic nitrogens is 5. The van der Waals surface area contributed by atoms with Gasteiger partial charge in [0.1, 0.15) is 54.8 Å². The van der Waals surface area contributed by atoms with Crippen molar-refractivity contribution in [2.75, 3.05) is 68.6 Å². The van der Waals surface area contributed by atoms with Crippen LogP contribution in [0.25, 0.3) is 33.4 Å². The van der Waals surface area contributed by atoms with Crippen molar-refractivity contribution < 1.29 is 70.7 Å². The summed E-state index contributed by atoms with van der Waals surface area (Å²) in [6, 6.07) is 43.4. The number of likely N-dealkylation sites (tertiary alicyclic amines) is 2. The molecule has 3 aliphatic carbocycles. The maximum Gasteiger partial charge on any atom is 0.301 e. The molecular formula is C81H77F4N13O11S. The number of anilines is 3. The zero-order valence-corrected chi connectivity index (χ0v) is 60.7. The number of amides is 5. The van der Waals surface area contributed by atoms with Crippen molar-refractivity contribution in [2.45, 2.75) is 92.9 Å². The molecule has 0 unspecified atom stereocenters. The minimum atomic E-state index is -3.35. The summed E-state index contributed by atoms with van der Waals surface area (Å²) in [5.41, 5.74) is 12.2. The SMILES string of the molecule is Cn1cc([C@@H]2C[C@H]2C(=O)Nc2cccc(-c3ccc(O[C@H]4CCN(C(=O)CO)CC4(F)F)c(C#N)c3)c2)cn1.Cn1cc([C@H]2C[C@@H]2C(=O)Nc2cccc(-c3ccc(O[C@H]4CCN(C(=O)CO)CC4(F)F)c(C#N)c3)c2)cn1.N#Cc1cc(-c2cccc(NC(=O)[C@H]3C[C@@H]3c3cscn3)c2)ccc1OC1CCOCC1. The molecule has 6 heterocycles. The normalized spacial score (nSPS) is 21.2. The lowest BCUT2D eigenvalue weighted by molar-refractivity contribution is -0.162. The Balaban J connectivity index is 0.000000146. The van der Waals surface area contributed by atoms with Gasteiger partial charge in [-0.1, -0.05) is 54.6 Å². The molecule has 3 saturated heterocycles. The highest BCUT2D eigenvalue weighted by Crippen LogP contribution is 2.50. The molecule has 6 aromatic carbocycles. The van der Waals surface area contributed by atoms with E-state index < -0.39 is 62.2 Å². The van der Waals surface area contributed by atoms with Gasteiger partial charge in [-0.2, -0.15) is 26.0 Å². The maximum atomic E-state index is 14.7. The number of nitriles is 3. The van der Waals surface area contributed by atoms with E-state index in [4.69, 9.17) is 29.2 Å². The van der Waals surface area contributed by atoms with Crippen molar-refractivity contribution in [1.82, 2.24) is 34.3 Å². The molecule has 3 aromatic heterocycles. The van der Waals surface area contributed by atoms with Gasteiger partial charge in [-0.15, -0.1) is 11.3 Å². The van der Waals surface area contributed by atoms with Crippen LogP contribution in [0.4, 0.5) is 34.6 Å². The molecule has 29 heteroatoms. The molecule has 6 aliphatic rings. The highest BCUT2D eigenvalue weighted by Gasteiger charge is 2.50. The van der Waals surface area contributed by atoms with E-state index in [9.17, 15) is 57.3 Å². The highest BCUT2D eigenvalue weighted by atomic mass is 32.1. The monoisotopic (exact) mass is 1520 g/mol. The van der Waals surface area contributed by atoms with Gasteiger partial charge in [-0.05, 0) is 148 Å². The number of carbonyl (C=O) groups excluding carboxylic acids is 5. The van der Waals surface area contributed by atoms with Crippen LogP contribution in [0.3, 0.4) is 0 Å². The standard InChI is InChI=1S/2C28H27F2N5O4.C25H23N3O3S/c2*1-34-14-20(13-32-34)22-11-23(22)27(38)33-21-4-2-3-17(10-21)18-5-6-24(19(9-18)12-31)39-25-7-8-35(26(37)15-36)16-28(25,29)30;26-13-18-10-17(4-5-24(18)31-20-6-8-30-9-7-20)16-2-1-3-19(11-16)28-25(29)22-12-21(22)23-14-32-15-27-23/h2*2-6,9-10,13-14,22-23,25,36H,7-8,11,15-16H2,1H3,(H,33,38);1-5,10-11,14-15,20-22H,6-9,12H2,(H,28,29)/t22-,23+,25+;22-,23+,25-;21-,22-/m100/s1. The number of carbonyl (C=O) groups is 5. The summed E-state index contributed by atoms with van der Waals surface area (Å²) in [4.78, 5) is 67.6. The van der Waals surface area contributed by atoms with Crippen LogP contribution in [0.1, 0.15) is 96.2 Å². The van der Waals surface area contributed by atoms with E-state index in [0.717, 1.165) is 86.7 Å². The van der Waals surface area contributed by atoms with Crippen molar-refractivity contribution in [1.29, 1.82) is 15.8 Å². The Morgan fingerprint density at radius 3 is 1.27 bits per heavy atom. The van der Waals surface area contributed by atoms with Gasteiger partial charge in [-0.25, -0.2) is 22.5 Å². The summed E-state index contributed by atoms with van der Waals surface area (Å²) in [5, 5.41) is 66.3. The molecule has 8 atom stereocenters. The fourth-order valence-corrected chi connectivity index (χ4v) is 14.6. The van der Waals surface area contributed by atoms with Crippen molar-refractivity contribution in [3.8, 4) is 68.8 Å². The number of ether oxygens (including phenoxy) is 4. The minimum Gasteiger partial charge on any atom is -0.489 e. The highest BCUT2D eigenvalue weighted by molar-refractivity contribution is 7.07. The number of rotatable bonds is 20. The molecule has 0 radical (unpaired) electrons. The lowest BCUT2D eigenvalue weighted by Gasteiger charge is -2.38. The molecule has 5 N–H and O–H groups in total. The third kappa shape index (κ3) is 18.3. The number of alkyl halides is 4. The quantitative estimate of drug-likeness (QED) is 0.0443. The van der Waals surface area contributed by atoms with Crippen LogP contribution in [-0.2, 0) is 42.8 Å². The van der Waals surface area contributed by atoms with Crippen LogP contribution in [0.2, 0.25) is 0 Å². The molecule has 15 rings (SSSR count). The smallest absolute Gasteiger partial charge is 0.301 e. The number of benzene rings is 6. The summed E-state index contributed by atoms with van der Waals surface area (Å²) in [6.07, 6.45) is 8.18. The first-order valence-electron chi connectivity index (χ1n) is 35.9. The molecule has 0 spiro atoms. The first kappa shape index (κ1) is 76.4. The largest absolute Gasteiger partial charge is 0.489 e. The summed E-state index contributed by atoms with van der Waals surface area (Å²) in [6.45, 7) is -1.98. The Bertz CT molecular complexity index is 4810. The van der Waals surface area contributed by atoms with Crippen LogP contribution >= 0.6 is 11.3 Å². The summed E-state index contributed by atoms with van der Waals surface area (Å²) in [7, 11) is 3.68. The van der Waals surface area contributed by atoms with E-state index in [1.54, 1.807) is 93.8 Å². The summed E-state index contributed by atoms with van der Waals surface area (Å²) >= 11 is 1.56. The predicted molar refractivity (Wildman–Crippen MR) is 397 cm³/mol. The van der Waals surface area contributed by atoms with Crippen LogP contribution < -0.4 is 30.2 Å². The first-order valence-corrected chi connectivity index (χ1v) is 36.8. The number of nitrogens with zero attached hydrogens (tertiary/aromatic N) is 10. The Labute approximate surface area is 634 Å². The van der Waals surface area contributed by atoms with E-state index in [2.05, 4.69) is 37.2 Å². The van der Waals surface area contributed by atoms with E-state index >= 15 is 0 Å². The molecule has 3 aliphatic heterocycles. The van der Waals surface area contributed by atoms with Crippen molar-refractivity contribution >= 4 is 57.9 Å². The Hall–Kier alpha value is -11.8. The number of hydrogen-bond acceptors (Lipinski definition) is 18. The second-order valence-corrected chi connectivity index (χ2v) is 28.7. The molecule has 0 bridgehead atoms. The molecule has 110 heavy (non-hydrogen) atoms. The van der Waals surface area contributed by atoms with Crippen LogP contribution in [0.5, 0.6) is 17.2 Å². The number of aryl methyl sites for hydroxylation is 2. The molecule has 3 saturated carbocycles. The average Bonchev–Trinajstić information content (AvgIpc) is 1.32. The van der Waals surface area contributed by atoms with Crippen molar-refractivity contribution in [3.05, 3.63) is 197 Å². The van der Waals surface area contributed by atoms with Gasteiger partial charge in [0.25, 0.3) is 0 Å². The number of hydrogen-bond donors (Lipinski definition) is 5. The van der Waals surface area contributed by atoms with Gasteiger partial charge >= 0.3 is 11.8 Å². The number of aliphatic hydroxyl groups excluding tert-OH is 2. The fourth-order valence-electron chi connectivity index (χ4n) is 14.0. The predicted octanol–water partition coefficient (Wildman–Crippen LogP) is 11.6. The molecule has 9 aromatic rings.